The molecule has 3 heterocycles. The van der Waals surface area contributed by atoms with Gasteiger partial charge in [-0.1, -0.05) is 6.07 Å². The highest BCUT2D eigenvalue weighted by Gasteiger charge is 2.10. The fourth-order valence-electron chi connectivity index (χ4n) is 2.99. The molecule has 0 atom stereocenters. The summed E-state index contributed by atoms with van der Waals surface area (Å²) in [5, 5.41) is 9.74. The van der Waals surface area contributed by atoms with E-state index < -0.39 is 0 Å². The minimum atomic E-state index is 0.698. The molecule has 0 aliphatic carbocycles. The summed E-state index contributed by atoms with van der Waals surface area (Å²) < 4.78 is 7.22. The SMILES string of the molecule is COc1cccc2[nH]cc(CCNc3ncnc4nn(C)cc34)c12. The van der Waals surface area contributed by atoms with Crippen molar-refractivity contribution < 1.29 is 4.74 Å². The molecule has 0 saturated carbocycles. The number of benzene rings is 1. The van der Waals surface area contributed by atoms with E-state index in [9.17, 15) is 0 Å². The number of aryl methyl sites for hydroxylation is 1. The van der Waals surface area contributed by atoms with Crippen LogP contribution in [0.3, 0.4) is 0 Å². The van der Waals surface area contributed by atoms with E-state index in [-0.39, 0.29) is 0 Å². The van der Waals surface area contributed by atoms with Gasteiger partial charge in [-0.25, -0.2) is 9.97 Å². The van der Waals surface area contributed by atoms with Crippen molar-refractivity contribution >= 4 is 27.8 Å². The maximum Gasteiger partial charge on any atom is 0.186 e. The summed E-state index contributed by atoms with van der Waals surface area (Å²) >= 11 is 0. The monoisotopic (exact) mass is 322 g/mol. The minimum Gasteiger partial charge on any atom is -0.496 e. The third kappa shape index (κ3) is 2.44. The van der Waals surface area contributed by atoms with Gasteiger partial charge in [0.2, 0.25) is 0 Å². The number of rotatable bonds is 5. The molecule has 7 heteroatoms. The molecule has 0 saturated heterocycles. The zero-order valence-corrected chi connectivity index (χ0v) is 13.6. The summed E-state index contributed by atoms with van der Waals surface area (Å²) in [5.41, 5.74) is 3.00. The fourth-order valence-corrected chi connectivity index (χ4v) is 2.99. The number of ether oxygens (including phenoxy) is 1. The molecule has 0 amide bonds. The molecular weight excluding hydrogens is 304 g/mol. The van der Waals surface area contributed by atoms with Gasteiger partial charge in [0.15, 0.2) is 5.65 Å². The van der Waals surface area contributed by atoms with Crippen LogP contribution in [0.4, 0.5) is 5.82 Å². The maximum absolute atomic E-state index is 5.48. The van der Waals surface area contributed by atoms with E-state index in [4.69, 9.17) is 4.74 Å². The van der Waals surface area contributed by atoms with E-state index in [1.807, 2.05) is 31.6 Å². The average molecular weight is 322 g/mol. The van der Waals surface area contributed by atoms with E-state index in [1.165, 1.54) is 11.9 Å². The van der Waals surface area contributed by atoms with Gasteiger partial charge in [-0.3, -0.25) is 4.68 Å². The Morgan fingerprint density at radius 3 is 3.08 bits per heavy atom. The molecule has 0 fully saturated rings. The standard InChI is InChI=1S/C17H18N6O/c1-23-9-12-16(20-10-21-17(12)22-23)18-7-6-11-8-19-13-4-3-5-14(24-2)15(11)13/h3-5,8-10,19H,6-7H2,1-2H3,(H,18,20,21,22). The quantitative estimate of drug-likeness (QED) is 0.590. The highest BCUT2D eigenvalue weighted by atomic mass is 16.5. The van der Waals surface area contributed by atoms with Gasteiger partial charge in [-0.2, -0.15) is 5.10 Å². The third-order valence-electron chi connectivity index (χ3n) is 4.09. The fraction of sp³-hybridized carbons (Fsp3) is 0.235. The summed E-state index contributed by atoms with van der Waals surface area (Å²) in [4.78, 5) is 11.8. The number of fused-ring (bicyclic) bond motifs is 2. The molecular formula is C17H18N6O. The van der Waals surface area contributed by atoms with Gasteiger partial charge in [0.1, 0.15) is 17.9 Å². The van der Waals surface area contributed by atoms with Crippen molar-refractivity contribution in [3.05, 3.63) is 42.5 Å². The van der Waals surface area contributed by atoms with Gasteiger partial charge in [0.05, 0.1) is 12.5 Å². The lowest BCUT2D eigenvalue weighted by Crippen LogP contribution is -2.06. The molecule has 0 bridgehead atoms. The van der Waals surface area contributed by atoms with Crippen LogP contribution >= 0.6 is 0 Å². The van der Waals surface area contributed by atoms with E-state index >= 15 is 0 Å². The number of aromatic nitrogens is 5. The Balaban J connectivity index is 1.55. The molecule has 1 aromatic carbocycles. The predicted octanol–water partition coefficient (Wildman–Crippen LogP) is 2.51. The topological polar surface area (TPSA) is 80.7 Å². The van der Waals surface area contributed by atoms with Crippen LogP contribution in [-0.2, 0) is 13.5 Å². The Bertz CT molecular complexity index is 1000. The third-order valence-corrected chi connectivity index (χ3v) is 4.09. The number of hydrogen-bond donors (Lipinski definition) is 2. The second kappa shape index (κ2) is 5.84. The van der Waals surface area contributed by atoms with Crippen LogP contribution in [0.15, 0.2) is 36.9 Å². The molecule has 24 heavy (non-hydrogen) atoms. The number of H-pyrrole nitrogens is 1. The van der Waals surface area contributed by atoms with E-state index in [0.717, 1.165) is 40.8 Å². The van der Waals surface area contributed by atoms with Crippen molar-refractivity contribution in [2.24, 2.45) is 7.05 Å². The Morgan fingerprint density at radius 1 is 1.29 bits per heavy atom. The number of anilines is 1. The largest absolute Gasteiger partial charge is 0.496 e. The first kappa shape index (κ1) is 14.5. The molecule has 2 N–H and O–H groups in total. The maximum atomic E-state index is 5.48. The summed E-state index contributed by atoms with van der Waals surface area (Å²) in [5.74, 6) is 1.69. The Labute approximate surface area is 138 Å². The first-order chi connectivity index (χ1) is 11.8. The average Bonchev–Trinajstić information content (AvgIpc) is 3.18. The van der Waals surface area contributed by atoms with Crippen LogP contribution in [-0.4, -0.2) is 38.4 Å². The highest BCUT2D eigenvalue weighted by Crippen LogP contribution is 2.28. The summed E-state index contributed by atoms with van der Waals surface area (Å²) in [6, 6.07) is 6.02. The molecule has 4 rings (SSSR count). The van der Waals surface area contributed by atoms with E-state index in [1.54, 1.807) is 11.8 Å². The predicted molar refractivity (Wildman–Crippen MR) is 93.3 cm³/mol. The smallest absolute Gasteiger partial charge is 0.186 e. The van der Waals surface area contributed by atoms with Crippen LogP contribution in [0, 0.1) is 0 Å². The van der Waals surface area contributed by atoms with E-state index in [0.29, 0.717) is 5.65 Å². The molecule has 3 aromatic heterocycles. The molecule has 0 aliphatic heterocycles. The van der Waals surface area contributed by atoms with Crippen LogP contribution in [0.5, 0.6) is 5.75 Å². The summed E-state index contributed by atoms with van der Waals surface area (Å²) in [6.07, 6.45) is 6.35. The number of hydrogen-bond acceptors (Lipinski definition) is 5. The summed E-state index contributed by atoms with van der Waals surface area (Å²) in [6.45, 7) is 0.756. The van der Waals surface area contributed by atoms with Crippen LogP contribution in [0.1, 0.15) is 5.56 Å². The molecule has 4 aromatic rings. The Morgan fingerprint density at radius 2 is 2.21 bits per heavy atom. The van der Waals surface area contributed by atoms with Crippen molar-refractivity contribution in [2.45, 2.75) is 6.42 Å². The van der Waals surface area contributed by atoms with Gasteiger partial charge < -0.3 is 15.0 Å². The van der Waals surface area contributed by atoms with Gasteiger partial charge in [0, 0.05) is 36.9 Å². The van der Waals surface area contributed by atoms with Gasteiger partial charge in [-0.15, -0.1) is 0 Å². The molecule has 0 unspecified atom stereocenters. The van der Waals surface area contributed by atoms with Crippen molar-refractivity contribution in [3.8, 4) is 5.75 Å². The Kier molecular flexibility index (Phi) is 3.53. The minimum absolute atomic E-state index is 0.698. The molecule has 7 nitrogen and oxygen atoms in total. The zero-order valence-electron chi connectivity index (χ0n) is 13.6. The lowest BCUT2D eigenvalue weighted by molar-refractivity contribution is 0.419. The van der Waals surface area contributed by atoms with E-state index in [2.05, 4.69) is 31.4 Å². The first-order valence-electron chi connectivity index (χ1n) is 7.77. The van der Waals surface area contributed by atoms with Crippen molar-refractivity contribution in [3.63, 3.8) is 0 Å². The number of nitrogens with zero attached hydrogens (tertiary/aromatic N) is 4. The van der Waals surface area contributed by atoms with Crippen LogP contribution in [0.2, 0.25) is 0 Å². The van der Waals surface area contributed by atoms with Crippen molar-refractivity contribution in [1.82, 2.24) is 24.7 Å². The zero-order chi connectivity index (χ0) is 16.5. The van der Waals surface area contributed by atoms with Crippen molar-refractivity contribution in [2.75, 3.05) is 19.0 Å². The van der Waals surface area contributed by atoms with Crippen molar-refractivity contribution in [1.29, 1.82) is 0 Å². The normalized spacial score (nSPS) is 11.2. The van der Waals surface area contributed by atoms with Gasteiger partial charge in [0.25, 0.3) is 0 Å². The lowest BCUT2D eigenvalue weighted by atomic mass is 10.1. The number of nitrogens with one attached hydrogen (secondary N) is 2. The second-order valence-electron chi connectivity index (χ2n) is 5.64. The number of methoxy groups -OCH3 is 1. The highest BCUT2D eigenvalue weighted by molar-refractivity contribution is 5.89. The first-order valence-corrected chi connectivity index (χ1v) is 7.77. The number of aromatic amines is 1. The van der Waals surface area contributed by atoms with Gasteiger partial charge in [-0.05, 0) is 24.1 Å². The molecule has 0 aliphatic rings. The molecule has 0 spiro atoms. The summed E-state index contributed by atoms with van der Waals surface area (Å²) in [7, 11) is 3.58. The van der Waals surface area contributed by atoms with Gasteiger partial charge >= 0.3 is 0 Å². The second-order valence-corrected chi connectivity index (χ2v) is 5.64. The lowest BCUT2D eigenvalue weighted by Gasteiger charge is -2.07. The molecule has 122 valence electrons. The van der Waals surface area contributed by atoms with Crippen LogP contribution in [0.25, 0.3) is 21.9 Å². The Hall–Kier alpha value is -3.09. The van der Waals surface area contributed by atoms with Crippen LogP contribution < -0.4 is 10.1 Å². The molecule has 0 radical (unpaired) electrons.